The van der Waals surface area contributed by atoms with Gasteiger partial charge in [0.15, 0.2) is 0 Å². The minimum Gasteiger partial charge on any atom is -0.342 e. The van der Waals surface area contributed by atoms with Crippen LogP contribution in [0.4, 0.5) is 0 Å². The molecule has 2 heteroatoms. The molecule has 3 rings (SSSR count). The summed E-state index contributed by atoms with van der Waals surface area (Å²) < 4.78 is 0. The Hall–Kier alpha value is -1.31. The lowest BCUT2D eigenvalue weighted by Gasteiger charge is -2.22. The molecule has 2 aromatic rings. The molecule has 1 fully saturated rings. The van der Waals surface area contributed by atoms with Crippen LogP contribution in [0.2, 0.25) is 0 Å². The third-order valence-electron chi connectivity index (χ3n) is 2.90. The topological polar surface area (TPSA) is 28.7 Å². The number of nitrogens with one attached hydrogen (secondary N) is 1. The van der Waals surface area contributed by atoms with E-state index in [2.05, 4.69) is 35.9 Å². The number of rotatable bonds is 1. The quantitative estimate of drug-likeness (QED) is 0.758. The van der Waals surface area contributed by atoms with E-state index in [1.807, 2.05) is 12.1 Å². The largest absolute Gasteiger partial charge is 0.342 e. The van der Waals surface area contributed by atoms with Gasteiger partial charge in [-0.15, -0.1) is 0 Å². The van der Waals surface area contributed by atoms with Crippen LogP contribution < -0.4 is 0 Å². The van der Waals surface area contributed by atoms with Gasteiger partial charge in [-0.3, -0.25) is 0 Å². The average molecular weight is 216 g/mol. The first-order valence-electron chi connectivity index (χ1n) is 6.29. The second-order valence-electron chi connectivity index (χ2n) is 4.47. The van der Waals surface area contributed by atoms with E-state index in [9.17, 15) is 0 Å². The van der Waals surface area contributed by atoms with Crippen LogP contribution in [0.5, 0.6) is 0 Å². The number of hydrogen-bond acceptors (Lipinski definition) is 1. The Bertz CT molecular complexity index is 408. The number of aromatic amines is 1. The summed E-state index contributed by atoms with van der Waals surface area (Å²) in [6.07, 6.45) is 5.22. The zero-order chi connectivity index (χ0) is 11.4. The van der Waals surface area contributed by atoms with Gasteiger partial charge in [0.2, 0.25) is 0 Å². The lowest BCUT2D eigenvalue weighted by molar-refractivity contribution is 0.405. The highest BCUT2D eigenvalue weighted by Gasteiger charge is 2.22. The number of H-pyrrole nitrogens is 1. The van der Waals surface area contributed by atoms with Crippen LogP contribution in [-0.4, -0.2) is 9.97 Å². The van der Waals surface area contributed by atoms with Crippen LogP contribution in [0.25, 0.3) is 11.0 Å². The van der Waals surface area contributed by atoms with Crippen molar-refractivity contribution in [3.8, 4) is 0 Å². The lowest BCUT2D eigenvalue weighted by atomic mass is 9.85. The van der Waals surface area contributed by atoms with Crippen LogP contribution in [0.1, 0.15) is 51.3 Å². The molecule has 1 saturated carbocycles. The van der Waals surface area contributed by atoms with Crippen molar-refractivity contribution in [2.45, 2.75) is 45.4 Å². The van der Waals surface area contributed by atoms with E-state index < -0.39 is 0 Å². The van der Waals surface area contributed by atoms with E-state index in [4.69, 9.17) is 0 Å². The fourth-order valence-corrected chi connectivity index (χ4v) is 1.85. The van der Waals surface area contributed by atoms with Crippen molar-refractivity contribution in [3.63, 3.8) is 0 Å². The van der Waals surface area contributed by atoms with Gasteiger partial charge >= 0.3 is 0 Å². The molecule has 1 aromatic heterocycles. The van der Waals surface area contributed by atoms with Gasteiger partial charge in [0.05, 0.1) is 11.0 Å². The van der Waals surface area contributed by atoms with E-state index >= 15 is 0 Å². The first-order valence-corrected chi connectivity index (χ1v) is 6.29. The number of imidazole rings is 1. The highest BCUT2D eigenvalue weighted by Crippen LogP contribution is 2.35. The van der Waals surface area contributed by atoms with Gasteiger partial charge in [-0.05, 0) is 25.0 Å². The molecule has 16 heavy (non-hydrogen) atoms. The van der Waals surface area contributed by atoms with Crippen molar-refractivity contribution in [2.75, 3.05) is 0 Å². The molecule has 0 bridgehead atoms. The summed E-state index contributed by atoms with van der Waals surface area (Å²) in [4.78, 5) is 7.97. The Labute approximate surface area is 97.1 Å². The molecule has 0 saturated heterocycles. The van der Waals surface area contributed by atoms with Gasteiger partial charge in [0.1, 0.15) is 5.82 Å². The zero-order valence-electron chi connectivity index (χ0n) is 10.2. The summed E-state index contributed by atoms with van der Waals surface area (Å²) in [6.45, 7) is 4.25. The fraction of sp³-hybridized carbons (Fsp3) is 0.500. The fourth-order valence-electron chi connectivity index (χ4n) is 1.85. The molecule has 86 valence electrons. The first kappa shape index (κ1) is 11.2. The predicted molar refractivity (Wildman–Crippen MR) is 68.7 cm³/mol. The van der Waals surface area contributed by atoms with Crippen LogP contribution in [0, 0.1) is 0 Å². The number of fused-ring (bicyclic) bond motifs is 1. The van der Waals surface area contributed by atoms with Crippen molar-refractivity contribution < 1.29 is 0 Å². The van der Waals surface area contributed by atoms with Gasteiger partial charge in [-0.2, -0.15) is 0 Å². The molecule has 0 aliphatic heterocycles. The minimum atomic E-state index is 0.701. The average Bonchev–Trinajstić information content (AvgIpc) is 2.58. The van der Waals surface area contributed by atoms with E-state index in [0.717, 1.165) is 5.52 Å². The molecule has 0 spiro atoms. The SMILES string of the molecule is CCC.c1ccc2[nH]c(C3CCC3)nc2c1. The second kappa shape index (κ2) is 5.15. The highest BCUT2D eigenvalue weighted by molar-refractivity contribution is 5.74. The molecule has 0 radical (unpaired) electrons. The van der Waals surface area contributed by atoms with Gasteiger partial charge in [0, 0.05) is 5.92 Å². The molecule has 1 N–H and O–H groups in total. The zero-order valence-corrected chi connectivity index (χ0v) is 10.2. The van der Waals surface area contributed by atoms with Gasteiger partial charge < -0.3 is 4.98 Å². The van der Waals surface area contributed by atoms with Crippen LogP contribution in [0.3, 0.4) is 0 Å². The standard InChI is InChI=1S/C11H12N2.C3H8/c1-2-7-10-9(6-1)12-11(13-10)8-4-3-5-8;1-3-2/h1-2,6-8H,3-5H2,(H,12,13);3H2,1-2H3. The molecule has 0 unspecified atom stereocenters. The maximum absolute atomic E-state index is 4.58. The maximum Gasteiger partial charge on any atom is 0.110 e. The van der Waals surface area contributed by atoms with Crippen molar-refractivity contribution in [3.05, 3.63) is 30.1 Å². The first-order chi connectivity index (χ1) is 7.85. The summed E-state index contributed by atoms with van der Waals surface area (Å²) in [5.74, 6) is 1.89. The van der Waals surface area contributed by atoms with E-state index in [-0.39, 0.29) is 0 Å². The van der Waals surface area contributed by atoms with Crippen LogP contribution >= 0.6 is 0 Å². The van der Waals surface area contributed by atoms with Gasteiger partial charge in [0.25, 0.3) is 0 Å². The van der Waals surface area contributed by atoms with Crippen molar-refractivity contribution in [1.82, 2.24) is 9.97 Å². The normalized spacial score (nSPS) is 15.4. The van der Waals surface area contributed by atoms with E-state index in [1.54, 1.807) is 0 Å². The lowest BCUT2D eigenvalue weighted by Crippen LogP contribution is -2.10. The Balaban J connectivity index is 0.000000292. The number of para-hydroxylation sites is 2. The third kappa shape index (κ3) is 2.26. The Morgan fingerprint density at radius 3 is 2.50 bits per heavy atom. The molecule has 1 aliphatic carbocycles. The summed E-state index contributed by atoms with van der Waals surface area (Å²) in [5.41, 5.74) is 2.27. The van der Waals surface area contributed by atoms with Crippen molar-refractivity contribution in [2.24, 2.45) is 0 Å². The van der Waals surface area contributed by atoms with Gasteiger partial charge in [-0.1, -0.05) is 38.8 Å². The number of hydrogen-bond donors (Lipinski definition) is 1. The Kier molecular flexibility index (Phi) is 3.60. The summed E-state index contributed by atoms with van der Waals surface area (Å²) in [6, 6.07) is 8.23. The smallest absolute Gasteiger partial charge is 0.110 e. The number of benzene rings is 1. The van der Waals surface area contributed by atoms with Gasteiger partial charge in [-0.25, -0.2) is 4.98 Å². The monoisotopic (exact) mass is 216 g/mol. The summed E-state index contributed by atoms with van der Waals surface area (Å²) in [7, 11) is 0. The molecule has 1 aromatic carbocycles. The molecule has 1 heterocycles. The Morgan fingerprint density at radius 2 is 1.94 bits per heavy atom. The summed E-state index contributed by atoms with van der Waals surface area (Å²) in [5, 5.41) is 0. The molecular formula is C14H20N2. The molecule has 2 nitrogen and oxygen atoms in total. The second-order valence-corrected chi connectivity index (χ2v) is 4.47. The Morgan fingerprint density at radius 1 is 1.25 bits per heavy atom. The van der Waals surface area contributed by atoms with E-state index in [1.165, 1.54) is 37.0 Å². The highest BCUT2D eigenvalue weighted by atomic mass is 14.9. The van der Waals surface area contributed by atoms with Crippen molar-refractivity contribution in [1.29, 1.82) is 0 Å². The van der Waals surface area contributed by atoms with Crippen molar-refractivity contribution >= 4 is 11.0 Å². The third-order valence-corrected chi connectivity index (χ3v) is 2.90. The molecule has 0 amide bonds. The number of aromatic nitrogens is 2. The molecule has 0 atom stereocenters. The molecule has 1 aliphatic rings. The minimum absolute atomic E-state index is 0.701. The molecular weight excluding hydrogens is 196 g/mol. The predicted octanol–water partition coefficient (Wildman–Crippen LogP) is 4.25. The van der Waals surface area contributed by atoms with E-state index in [0.29, 0.717) is 5.92 Å². The summed E-state index contributed by atoms with van der Waals surface area (Å²) >= 11 is 0. The van der Waals surface area contributed by atoms with Crippen LogP contribution in [0.15, 0.2) is 24.3 Å². The maximum atomic E-state index is 4.58. The van der Waals surface area contributed by atoms with Crippen LogP contribution in [-0.2, 0) is 0 Å². The number of nitrogens with zero attached hydrogens (tertiary/aromatic N) is 1.